The molecule has 1 aliphatic carbocycles. The van der Waals surface area contributed by atoms with Crippen molar-refractivity contribution >= 4 is 23.8 Å². The van der Waals surface area contributed by atoms with Gasteiger partial charge >= 0.3 is 0 Å². The Morgan fingerprint density at radius 1 is 1.13 bits per heavy atom. The highest BCUT2D eigenvalue weighted by atomic mass is 16.2. The first-order valence-corrected chi connectivity index (χ1v) is 10.1. The Labute approximate surface area is 175 Å². The largest absolute Gasteiger partial charge is 0.366 e. The second kappa shape index (κ2) is 8.49. The minimum atomic E-state index is -0.536. The van der Waals surface area contributed by atoms with Gasteiger partial charge in [0.15, 0.2) is 0 Å². The van der Waals surface area contributed by atoms with Crippen LogP contribution in [0, 0.1) is 17.8 Å². The number of primary amides is 1. The summed E-state index contributed by atoms with van der Waals surface area (Å²) in [5.41, 5.74) is 7.02. The zero-order valence-electron chi connectivity index (χ0n) is 16.5. The molecule has 3 amide bonds. The SMILES string of the molecule is NC(=O)c1cccc(C(=O)N2CC3C(CCNC(=O)/C=C/c4cccnc4)C3C2)c1. The number of fused-ring (bicyclic) bond motifs is 1. The van der Waals surface area contributed by atoms with E-state index in [0.29, 0.717) is 35.4 Å². The van der Waals surface area contributed by atoms with E-state index in [1.807, 2.05) is 17.0 Å². The maximum absolute atomic E-state index is 12.7. The number of piperidine rings is 1. The number of carbonyl (C=O) groups excluding carboxylic acids is 3. The summed E-state index contributed by atoms with van der Waals surface area (Å²) in [6.45, 7) is 2.08. The van der Waals surface area contributed by atoms with Gasteiger partial charge in [-0.15, -0.1) is 0 Å². The molecule has 1 aromatic heterocycles. The van der Waals surface area contributed by atoms with Gasteiger partial charge in [0, 0.05) is 49.2 Å². The van der Waals surface area contributed by atoms with Crippen LogP contribution < -0.4 is 11.1 Å². The second-order valence-corrected chi connectivity index (χ2v) is 7.85. The lowest BCUT2D eigenvalue weighted by atomic mass is 10.1. The fourth-order valence-electron chi connectivity index (χ4n) is 4.30. The van der Waals surface area contributed by atoms with Crippen molar-refractivity contribution in [3.63, 3.8) is 0 Å². The summed E-state index contributed by atoms with van der Waals surface area (Å²) < 4.78 is 0. The first-order chi connectivity index (χ1) is 14.5. The van der Waals surface area contributed by atoms with Crippen molar-refractivity contribution in [3.8, 4) is 0 Å². The van der Waals surface area contributed by atoms with Gasteiger partial charge in [0.25, 0.3) is 5.91 Å². The molecule has 3 N–H and O–H groups in total. The number of amides is 3. The number of likely N-dealkylation sites (tertiary alicyclic amines) is 1. The lowest BCUT2D eigenvalue weighted by Gasteiger charge is -2.20. The molecular formula is C23H24N4O3. The van der Waals surface area contributed by atoms with E-state index in [0.717, 1.165) is 25.1 Å². The van der Waals surface area contributed by atoms with E-state index in [1.165, 1.54) is 6.08 Å². The van der Waals surface area contributed by atoms with Gasteiger partial charge in [-0.3, -0.25) is 19.4 Å². The molecule has 2 unspecified atom stereocenters. The molecule has 7 nitrogen and oxygen atoms in total. The van der Waals surface area contributed by atoms with Gasteiger partial charge in [0.1, 0.15) is 0 Å². The highest BCUT2D eigenvalue weighted by Gasteiger charge is 2.55. The average molecular weight is 404 g/mol. The van der Waals surface area contributed by atoms with Crippen LogP contribution in [0.15, 0.2) is 54.9 Å². The molecule has 1 aromatic carbocycles. The minimum Gasteiger partial charge on any atom is -0.366 e. The predicted molar refractivity (Wildman–Crippen MR) is 112 cm³/mol. The number of pyridine rings is 1. The van der Waals surface area contributed by atoms with Crippen LogP contribution in [0.3, 0.4) is 0 Å². The third-order valence-electron chi connectivity index (χ3n) is 5.94. The molecule has 2 aliphatic rings. The summed E-state index contributed by atoms with van der Waals surface area (Å²) in [5, 5.41) is 2.92. The summed E-state index contributed by atoms with van der Waals surface area (Å²) in [6.07, 6.45) is 7.57. The van der Waals surface area contributed by atoms with Crippen LogP contribution in [0.4, 0.5) is 0 Å². The average Bonchev–Trinajstić information content (AvgIpc) is 3.20. The number of nitrogens with two attached hydrogens (primary N) is 1. The molecule has 1 saturated carbocycles. The molecule has 30 heavy (non-hydrogen) atoms. The zero-order chi connectivity index (χ0) is 21.1. The van der Waals surface area contributed by atoms with Gasteiger partial charge < -0.3 is 16.0 Å². The third-order valence-corrected chi connectivity index (χ3v) is 5.94. The Kier molecular flexibility index (Phi) is 5.61. The van der Waals surface area contributed by atoms with Crippen molar-refractivity contribution in [3.05, 3.63) is 71.6 Å². The number of aromatic nitrogens is 1. The molecular weight excluding hydrogens is 380 g/mol. The summed E-state index contributed by atoms with van der Waals surface area (Å²) in [7, 11) is 0. The van der Waals surface area contributed by atoms with Crippen molar-refractivity contribution in [1.29, 1.82) is 0 Å². The summed E-state index contributed by atoms with van der Waals surface area (Å²) in [4.78, 5) is 41.8. The van der Waals surface area contributed by atoms with E-state index in [-0.39, 0.29) is 11.8 Å². The van der Waals surface area contributed by atoms with Crippen molar-refractivity contribution < 1.29 is 14.4 Å². The standard InChI is InChI=1S/C23H24N4O3/c24-22(29)16-4-1-5-17(11-16)23(30)27-13-19-18(20(19)14-27)8-10-26-21(28)7-6-15-3-2-9-25-12-15/h1-7,9,11-12,18-20H,8,10,13-14H2,(H2,24,29)(H,26,28)/b7-6+. The van der Waals surface area contributed by atoms with Gasteiger partial charge in [-0.1, -0.05) is 12.1 Å². The van der Waals surface area contributed by atoms with Crippen LogP contribution in [0.1, 0.15) is 32.7 Å². The smallest absolute Gasteiger partial charge is 0.253 e. The molecule has 154 valence electrons. The lowest BCUT2D eigenvalue weighted by Crippen LogP contribution is -2.32. The Morgan fingerprint density at radius 2 is 1.90 bits per heavy atom. The normalized spacial score (nSPS) is 22.0. The first-order valence-electron chi connectivity index (χ1n) is 10.1. The molecule has 0 bridgehead atoms. The number of benzene rings is 1. The molecule has 0 radical (unpaired) electrons. The number of hydrogen-bond donors (Lipinski definition) is 2. The van der Waals surface area contributed by atoms with Crippen molar-refractivity contribution in [1.82, 2.24) is 15.2 Å². The molecule has 0 spiro atoms. The number of nitrogens with one attached hydrogen (secondary N) is 1. The molecule has 2 aromatic rings. The van der Waals surface area contributed by atoms with Crippen LogP contribution in [0.25, 0.3) is 6.08 Å². The van der Waals surface area contributed by atoms with Crippen LogP contribution >= 0.6 is 0 Å². The maximum atomic E-state index is 12.7. The summed E-state index contributed by atoms with van der Waals surface area (Å²) in [6, 6.07) is 10.3. The van der Waals surface area contributed by atoms with Crippen LogP contribution in [-0.2, 0) is 4.79 Å². The summed E-state index contributed by atoms with van der Waals surface area (Å²) in [5.74, 6) is 0.834. The first kappa shape index (κ1) is 19.8. The Balaban J connectivity index is 1.20. The van der Waals surface area contributed by atoms with E-state index in [4.69, 9.17) is 5.73 Å². The van der Waals surface area contributed by atoms with E-state index in [1.54, 1.807) is 42.7 Å². The fourth-order valence-corrected chi connectivity index (χ4v) is 4.30. The summed E-state index contributed by atoms with van der Waals surface area (Å²) >= 11 is 0. The second-order valence-electron chi connectivity index (χ2n) is 7.85. The minimum absolute atomic E-state index is 0.0575. The highest BCUT2D eigenvalue weighted by molar-refractivity contribution is 5.99. The van der Waals surface area contributed by atoms with Gasteiger partial charge in [-0.2, -0.15) is 0 Å². The van der Waals surface area contributed by atoms with E-state index < -0.39 is 5.91 Å². The van der Waals surface area contributed by atoms with Gasteiger partial charge in [-0.25, -0.2) is 0 Å². The fraction of sp³-hybridized carbons (Fsp3) is 0.304. The number of carbonyl (C=O) groups is 3. The molecule has 1 aliphatic heterocycles. The van der Waals surface area contributed by atoms with Crippen LogP contribution in [0.2, 0.25) is 0 Å². The number of rotatable bonds is 7. The van der Waals surface area contributed by atoms with Crippen LogP contribution in [0.5, 0.6) is 0 Å². The van der Waals surface area contributed by atoms with Gasteiger partial charge in [0.05, 0.1) is 0 Å². The molecule has 4 rings (SSSR count). The number of nitrogens with zero attached hydrogens (tertiary/aromatic N) is 2. The molecule has 1 saturated heterocycles. The molecule has 2 heterocycles. The Hall–Kier alpha value is -3.48. The topological polar surface area (TPSA) is 105 Å². The Bertz CT molecular complexity index is 977. The maximum Gasteiger partial charge on any atom is 0.253 e. The van der Waals surface area contributed by atoms with E-state index in [2.05, 4.69) is 10.3 Å². The third kappa shape index (κ3) is 4.40. The molecule has 2 fully saturated rings. The Morgan fingerprint density at radius 3 is 2.60 bits per heavy atom. The molecule has 2 atom stereocenters. The zero-order valence-corrected chi connectivity index (χ0v) is 16.5. The van der Waals surface area contributed by atoms with Gasteiger partial charge in [-0.05, 0) is 60.1 Å². The quantitative estimate of drug-likeness (QED) is 0.686. The monoisotopic (exact) mass is 404 g/mol. The lowest BCUT2D eigenvalue weighted by molar-refractivity contribution is -0.116. The predicted octanol–water partition coefficient (Wildman–Crippen LogP) is 1.72. The van der Waals surface area contributed by atoms with E-state index >= 15 is 0 Å². The van der Waals surface area contributed by atoms with Gasteiger partial charge in [0.2, 0.25) is 11.8 Å². The van der Waals surface area contributed by atoms with E-state index in [9.17, 15) is 14.4 Å². The van der Waals surface area contributed by atoms with Crippen LogP contribution in [-0.4, -0.2) is 47.2 Å². The van der Waals surface area contributed by atoms with Crippen molar-refractivity contribution in [2.24, 2.45) is 23.5 Å². The number of hydrogen-bond acceptors (Lipinski definition) is 4. The van der Waals surface area contributed by atoms with Crippen molar-refractivity contribution in [2.75, 3.05) is 19.6 Å². The molecule has 7 heteroatoms. The van der Waals surface area contributed by atoms with Crippen molar-refractivity contribution in [2.45, 2.75) is 6.42 Å². The highest BCUT2D eigenvalue weighted by Crippen LogP contribution is 2.53.